The average molecular weight is 165 g/mol. The van der Waals surface area contributed by atoms with Crippen molar-refractivity contribution in [1.29, 1.82) is 0 Å². The number of halogens is 1. The van der Waals surface area contributed by atoms with Gasteiger partial charge in [0.2, 0.25) is 6.79 Å². The molecule has 0 unspecified atom stereocenters. The van der Waals surface area contributed by atoms with Crippen LogP contribution in [0, 0.1) is 5.82 Å². The lowest BCUT2D eigenvalue weighted by molar-refractivity contribution is 0.174. The molecule has 0 amide bonds. The second-order valence-corrected chi connectivity index (χ2v) is 2.43. The van der Waals surface area contributed by atoms with Crippen LogP contribution >= 0.6 is 0 Å². The standard InChI is InChI=1S/C7H5BFNO2/c8-5-6(9)3(10)1-4-7(5)12-2-11-4/h1H,2,10H2. The van der Waals surface area contributed by atoms with E-state index in [1.807, 2.05) is 0 Å². The van der Waals surface area contributed by atoms with Crippen LogP contribution in [0.1, 0.15) is 0 Å². The van der Waals surface area contributed by atoms with Crippen LogP contribution in [0.3, 0.4) is 0 Å². The van der Waals surface area contributed by atoms with E-state index in [9.17, 15) is 4.39 Å². The van der Waals surface area contributed by atoms with Crippen molar-refractivity contribution in [3.05, 3.63) is 11.9 Å². The maximum atomic E-state index is 13.0. The van der Waals surface area contributed by atoms with E-state index in [2.05, 4.69) is 0 Å². The van der Waals surface area contributed by atoms with Crippen molar-refractivity contribution in [2.24, 2.45) is 0 Å². The molecule has 5 heteroatoms. The van der Waals surface area contributed by atoms with Crippen molar-refractivity contribution in [1.82, 2.24) is 0 Å². The summed E-state index contributed by atoms with van der Waals surface area (Å²) in [6, 6.07) is 1.36. The first-order chi connectivity index (χ1) is 5.70. The highest BCUT2D eigenvalue weighted by Crippen LogP contribution is 2.32. The van der Waals surface area contributed by atoms with Crippen LogP contribution in [0.5, 0.6) is 11.5 Å². The molecule has 0 aromatic heterocycles. The molecule has 1 aromatic carbocycles. The highest BCUT2D eigenvalue weighted by atomic mass is 19.1. The molecule has 0 atom stereocenters. The number of hydrogen-bond acceptors (Lipinski definition) is 3. The molecule has 0 aliphatic carbocycles. The minimum Gasteiger partial charge on any atom is -0.454 e. The van der Waals surface area contributed by atoms with Crippen molar-refractivity contribution in [2.45, 2.75) is 0 Å². The van der Waals surface area contributed by atoms with Gasteiger partial charge in [-0.3, -0.25) is 0 Å². The zero-order chi connectivity index (χ0) is 8.72. The van der Waals surface area contributed by atoms with E-state index in [1.165, 1.54) is 6.07 Å². The quantitative estimate of drug-likeness (QED) is 0.432. The third kappa shape index (κ3) is 0.824. The Bertz CT molecular complexity index is 343. The van der Waals surface area contributed by atoms with Gasteiger partial charge in [-0.15, -0.1) is 0 Å². The number of ether oxygens (including phenoxy) is 2. The molecular weight excluding hydrogens is 160 g/mol. The molecule has 60 valence electrons. The summed E-state index contributed by atoms with van der Waals surface area (Å²) < 4.78 is 22.9. The van der Waals surface area contributed by atoms with E-state index < -0.39 is 5.82 Å². The summed E-state index contributed by atoms with van der Waals surface area (Å²) in [6.45, 7) is 0.0580. The molecule has 1 aromatic rings. The molecular formula is C7H5BFNO2. The van der Waals surface area contributed by atoms with Crippen LogP contribution in [-0.2, 0) is 0 Å². The molecule has 0 saturated heterocycles. The number of nitrogens with two attached hydrogens (primary N) is 1. The number of benzene rings is 1. The van der Waals surface area contributed by atoms with E-state index in [0.29, 0.717) is 5.75 Å². The molecule has 3 nitrogen and oxygen atoms in total. The maximum absolute atomic E-state index is 13.0. The number of fused-ring (bicyclic) bond motifs is 1. The van der Waals surface area contributed by atoms with Crippen molar-refractivity contribution < 1.29 is 13.9 Å². The molecule has 0 bridgehead atoms. The Morgan fingerprint density at radius 2 is 2.25 bits per heavy atom. The van der Waals surface area contributed by atoms with E-state index >= 15 is 0 Å². The van der Waals surface area contributed by atoms with Gasteiger partial charge in [-0.05, 0) is 5.46 Å². The van der Waals surface area contributed by atoms with E-state index in [4.69, 9.17) is 23.1 Å². The fourth-order valence-electron chi connectivity index (χ4n) is 1.07. The fraction of sp³-hybridized carbons (Fsp3) is 0.143. The molecule has 1 aliphatic rings. The largest absolute Gasteiger partial charge is 0.454 e. The van der Waals surface area contributed by atoms with Gasteiger partial charge < -0.3 is 15.2 Å². The highest BCUT2D eigenvalue weighted by molar-refractivity contribution is 6.35. The average Bonchev–Trinajstić information content (AvgIpc) is 2.48. The summed E-state index contributed by atoms with van der Waals surface area (Å²) >= 11 is 0. The predicted molar refractivity (Wildman–Crippen MR) is 42.3 cm³/mol. The van der Waals surface area contributed by atoms with Gasteiger partial charge in [-0.2, -0.15) is 0 Å². The van der Waals surface area contributed by atoms with Gasteiger partial charge in [0.25, 0.3) is 0 Å². The predicted octanol–water partition coefficient (Wildman–Crippen LogP) is -0.0696. The van der Waals surface area contributed by atoms with Crippen LogP contribution in [0.25, 0.3) is 0 Å². The highest BCUT2D eigenvalue weighted by Gasteiger charge is 2.19. The number of rotatable bonds is 0. The van der Waals surface area contributed by atoms with Crippen LogP contribution in [0.15, 0.2) is 6.07 Å². The zero-order valence-corrected chi connectivity index (χ0v) is 6.13. The maximum Gasteiger partial charge on any atom is 0.231 e. The van der Waals surface area contributed by atoms with Crippen LogP contribution < -0.4 is 20.7 Å². The third-order valence-electron chi connectivity index (χ3n) is 1.66. The van der Waals surface area contributed by atoms with Crippen molar-refractivity contribution >= 4 is 19.0 Å². The van der Waals surface area contributed by atoms with E-state index in [1.54, 1.807) is 0 Å². The second kappa shape index (κ2) is 2.30. The monoisotopic (exact) mass is 165 g/mol. The minimum atomic E-state index is -0.653. The minimum absolute atomic E-state index is 0.0308. The SMILES string of the molecule is [B]c1c(F)c(N)cc2c1OCO2. The first-order valence-corrected chi connectivity index (χ1v) is 3.33. The molecule has 0 fully saturated rings. The number of anilines is 1. The first-order valence-electron chi connectivity index (χ1n) is 3.33. The van der Waals surface area contributed by atoms with Crippen LogP contribution in [0.4, 0.5) is 10.1 Å². The Morgan fingerprint density at radius 1 is 1.50 bits per heavy atom. The van der Waals surface area contributed by atoms with Crippen molar-refractivity contribution in [3.8, 4) is 11.5 Å². The molecule has 12 heavy (non-hydrogen) atoms. The first kappa shape index (κ1) is 7.27. The lowest BCUT2D eigenvalue weighted by Crippen LogP contribution is -2.13. The summed E-state index contributed by atoms with van der Waals surface area (Å²) in [5.74, 6) is -0.0210. The van der Waals surface area contributed by atoms with Gasteiger partial charge in [0.1, 0.15) is 13.7 Å². The summed E-state index contributed by atoms with van der Waals surface area (Å²) in [5.41, 5.74) is 5.18. The van der Waals surface area contributed by atoms with E-state index in [-0.39, 0.29) is 23.7 Å². The molecule has 2 radical (unpaired) electrons. The van der Waals surface area contributed by atoms with Gasteiger partial charge in [0.15, 0.2) is 11.5 Å². The molecule has 1 aliphatic heterocycles. The normalized spacial score (nSPS) is 13.4. The summed E-state index contributed by atoms with van der Waals surface area (Å²) in [4.78, 5) is 0. The van der Waals surface area contributed by atoms with Crippen LogP contribution in [0.2, 0.25) is 0 Å². The Balaban J connectivity index is 2.67. The Morgan fingerprint density at radius 3 is 3.00 bits per heavy atom. The Hall–Kier alpha value is -1.39. The molecule has 0 spiro atoms. The topological polar surface area (TPSA) is 44.5 Å². The summed E-state index contributed by atoms with van der Waals surface area (Å²) in [7, 11) is 5.37. The number of nitrogen functional groups attached to an aromatic ring is 1. The summed E-state index contributed by atoms with van der Waals surface area (Å²) in [5, 5.41) is 0. The van der Waals surface area contributed by atoms with Gasteiger partial charge in [-0.25, -0.2) is 4.39 Å². The number of hydrogen-bond donors (Lipinski definition) is 1. The second-order valence-electron chi connectivity index (χ2n) is 2.43. The zero-order valence-electron chi connectivity index (χ0n) is 6.13. The van der Waals surface area contributed by atoms with Crippen molar-refractivity contribution in [2.75, 3.05) is 12.5 Å². The smallest absolute Gasteiger partial charge is 0.231 e. The van der Waals surface area contributed by atoms with Gasteiger partial charge in [-0.1, -0.05) is 0 Å². The Kier molecular flexibility index (Phi) is 1.39. The van der Waals surface area contributed by atoms with Gasteiger partial charge in [0.05, 0.1) is 5.69 Å². The summed E-state index contributed by atoms with van der Waals surface area (Å²) in [6.07, 6.45) is 0. The molecule has 0 saturated carbocycles. The molecule has 1 heterocycles. The lowest BCUT2D eigenvalue weighted by atomic mass is 9.93. The van der Waals surface area contributed by atoms with Crippen LogP contribution in [-0.4, -0.2) is 14.6 Å². The fourth-order valence-corrected chi connectivity index (χ4v) is 1.07. The van der Waals surface area contributed by atoms with Gasteiger partial charge >= 0.3 is 0 Å². The third-order valence-corrected chi connectivity index (χ3v) is 1.66. The Labute approximate surface area is 69.7 Å². The van der Waals surface area contributed by atoms with Crippen molar-refractivity contribution in [3.63, 3.8) is 0 Å². The molecule has 2 rings (SSSR count). The van der Waals surface area contributed by atoms with Gasteiger partial charge in [0, 0.05) is 6.07 Å². The lowest BCUT2D eigenvalue weighted by Gasteiger charge is -2.04. The van der Waals surface area contributed by atoms with E-state index in [0.717, 1.165) is 0 Å². The molecule has 2 N–H and O–H groups in total.